The minimum Gasteiger partial charge on any atom is -0.494 e. The van der Waals surface area contributed by atoms with E-state index in [9.17, 15) is 24.3 Å². The standard InChI is InChI=1S/C38H46N12O7/c1-6-49-27(15-21(3)45-49)35(54)43-37-41-25-17-23(33(39)52)19-29(56-5)31(25)47(37)11-8-9-12-48-32-26(18-24(34(40)53)20-30(32)57-14-10-13-51)42-38(48)44-36(55)28-16-22(4)46-50(28)7-2/h8-9,15-17,19-20,26,51H,6-7,10-14,18H2,1-5H3,(H2,39,52)(H2,40,53)(H,41,43,54)(H,42,44,55)/b9-8+. The summed E-state index contributed by atoms with van der Waals surface area (Å²) in [7, 11) is 1.46. The molecule has 4 amide bonds. The average molecular weight is 783 g/mol. The molecule has 0 bridgehead atoms. The molecule has 1 fully saturated rings. The Kier molecular flexibility index (Phi) is 11.9. The number of carbonyl (C=O) groups is 4. The maximum Gasteiger partial charge on any atom is 0.298 e. The zero-order chi connectivity index (χ0) is 41.0. The number of primary amides is 2. The second kappa shape index (κ2) is 16.9. The number of guanidine groups is 1. The second-order valence-corrected chi connectivity index (χ2v) is 13.3. The highest BCUT2D eigenvalue weighted by Crippen LogP contribution is 2.33. The Labute approximate surface area is 327 Å². The lowest BCUT2D eigenvalue weighted by Crippen LogP contribution is -2.32. The van der Waals surface area contributed by atoms with Gasteiger partial charge < -0.3 is 45.8 Å². The zero-order valence-corrected chi connectivity index (χ0v) is 32.4. The predicted molar refractivity (Wildman–Crippen MR) is 208 cm³/mol. The molecule has 1 saturated heterocycles. The minimum absolute atomic E-state index is 0.100. The Morgan fingerprint density at radius 1 is 0.947 bits per heavy atom. The van der Waals surface area contributed by atoms with Gasteiger partial charge in [-0.2, -0.15) is 20.2 Å². The molecule has 1 atom stereocenters. The number of aromatic nitrogens is 6. The van der Waals surface area contributed by atoms with Crippen LogP contribution in [0, 0.1) is 13.8 Å². The first-order chi connectivity index (χ1) is 27.4. The summed E-state index contributed by atoms with van der Waals surface area (Å²) in [4.78, 5) is 65.6. The number of nitrogens with two attached hydrogens (primary N) is 2. The molecule has 1 aromatic carbocycles. The molecule has 0 radical (unpaired) electrons. The summed E-state index contributed by atoms with van der Waals surface area (Å²) in [5.41, 5.74) is 15.6. The number of H-pyrrole nitrogens is 1. The largest absolute Gasteiger partial charge is 0.494 e. The average Bonchev–Trinajstić information content (AvgIpc) is 3.95. The summed E-state index contributed by atoms with van der Waals surface area (Å²) in [6, 6.07) is 5.90. The van der Waals surface area contributed by atoms with Gasteiger partial charge in [0.15, 0.2) is 0 Å². The topological polar surface area (TPSA) is 255 Å². The van der Waals surface area contributed by atoms with Crippen LogP contribution < -0.4 is 27.1 Å². The molecule has 1 aliphatic heterocycles. The molecule has 0 spiro atoms. The van der Waals surface area contributed by atoms with E-state index in [1.807, 2.05) is 26.0 Å². The highest BCUT2D eigenvalue weighted by molar-refractivity contribution is 6.04. The van der Waals surface area contributed by atoms with Crippen molar-refractivity contribution in [2.75, 3.05) is 26.9 Å². The lowest BCUT2D eigenvalue weighted by molar-refractivity contribution is -0.114. The van der Waals surface area contributed by atoms with Crippen LogP contribution in [0.5, 0.6) is 5.75 Å². The van der Waals surface area contributed by atoms with Crippen LogP contribution in [0.25, 0.3) is 11.0 Å². The van der Waals surface area contributed by atoms with Gasteiger partial charge in [0, 0.05) is 56.8 Å². The number of nitrogens with zero attached hydrogens (tertiary/aromatic N) is 8. The fourth-order valence-electron chi connectivity index (χ4n) is 6.80. The summed E-state index contributed by atoms with van der Waals surface area (Å²) in [5, 5.41) is 21.5. The number of amides is 4. The van der Waals surface area contributed by atoms with Gasteiger partial charge in [0.2, 0.25) is 23.4 Å². The molecule has 3 aromatic heterocycles. The van der Waals surface area contributed by atoms with E-state index >= 15 is 0 Å². The molecule has 4 heterocycles. The third kappa shape index (κ3) is 8.27. The Balaban J connectivity index is 1.41. The lowest BCUT2D eigenvalue weighted by Gasteiger charge is -2.25. The molecule has 300 valence electrons. The maximum absolute atomic E-state index is 13.6. The Morgan fingerprint density at radius 3 is 2.19 bits per heavy atom. The quantitative estimate of drug-likeness (QED) is 0.0849. The van der Waals surface area contributed by atoms with Crippen molar-refractivity contribution in [3.63, 3.8) is 0 Å². The fourth-order valence-corrected chi connectivity index (χ4v) is 6.80. The fraction of sp³-hybridized carbons (Fsp3) is 0.368. The number of hydrogen-bond acceptors (Lipinski definition) is 9. The molecular formula is C38H46N12O7. The lowest BCUT2D eigenvalue weighted by atomic mass is 9.96. The van der Waals surface area contributed by atoms with Gasteiger partial charge in [-0.3, -0.25) is 28.5 Å². The van der Waals surface area contributed by atoms with Crippen LogP contribution in [-0.2, 0) is 29.2 Å². The van der Waals surface area contributed by atoms with Crippen LogP contribution >= 0.6 is 0 Å². The van der Waals surface area contributed by atoms with Crippen molar-refractivity contribution in [3.05, 3.63) is 93.5 Å². The molecule has 0 saturated carbocycles. The number of aryl methyl sites for hydroxylation is 4. The van der Waals surface area contributed by atoms with Gasteiger partial charge in [0.1, 0.15) is 28.4 Å². The van der Waals surface area contributed by atoms with E-state index in [-0.39, 0.29) is 49.9 Å². The van der Waals surface area contributed by atoms with Gasteiger partial charge in [-0.1, -0.05) is 12.2 Å². The smallest absolute Gasteiger partial charge is 0.298 e. The normalized spacial score (nSPS) is 16.4. The third-order valence-electron chi connectivity index (χ3n) is 9.39. The van der Waals surface area contributed by atoms with E-state index in [1.54, 1.807) is 57.0 Å². The van der Waals surface area contributed by atoms with Crippen LogP contribution in [0.2, 0.25) is 0 Å². The highest BCUT2D eigenvalue weighted by atomic mass is 16.5. The first-order valence-electron chi connectivity index (χ1n) is 18.5. The Morgan fingerprint density at radius 2 is 1.60 bits per heavy atom. The number of benzene rings is 1. The number of aliphatic hydroxyl groups excluding tert-OH is 1. The molecule has 57 heavy (non-hydrogen) atoms. The van der Waals surface area contributed by atoms with E-state index in [4.69, 9.17) is 20.9 Å². The number of ether oxygens (including phenoxy) is 2. The van der Waals surface area contributed by atoms with E-state index in [0.717, 1.165) is 0 Å². The molecule has 4 aromatic rings. The van der Waals surface area contributed by atoms with Crippen molar-refractivity contribution in [1.29, 1.82) is 0 Å². The molecule has 1 aliphatic carbocycles. The van der Waals surface area contributed by atoms with Gasteiger partial charge in [0.25, 0.3) is 11.8 Å². The number of rotatable bonds is 15. The van der Waals surface area contributed by atoms with Crippen molar-refractivity contribution in [2.45, 2.75) is 66.2 Å². The van der Waals surface area contributed by atoms with Crippen LogP contribution in [0.4, 0.5) is 0 Å². The van der Waals surface area contributed by atoms with Crippen LogP contribution in [-0.4, -0.2) is 102 Å². The van der Waals surface area contributed by atoms with Crippen LogP contribution in [0.15, 0.2) is 69.5 Å². The van der Waals surface area contributed by atoms with E-state index in [1.165, 1.54) is 13.2 Å². The molecule has 1 unspecified atom stereocenters. The van der Waals surface area contributed by atoms with Crippen molar-refractivity contribution in [3.8, 4) is 5.75 Å². The highest BCUT2D eigenvalue weighted by Gasteiger charge is 2.39. The second-order valence-electron chi connectivity index (χ2n) is 13.3. The summed E-state index contributed by atoms with van der Waals surface area (Å²) in [5.74, 6) is -1.43. The number of hydrogen-bond donors (Lipinski definition) is 5. The summed E-state index contributed by atoms with van der Waals surface area (Å²) in [6.45, 7) is 8.66. The predicted octanol–water partition coefficient (Wildman–Crippen LogP) is 1.32. The van der Waals surface area contributed by atoms with Gasteiger partial charge in [-0.25, -0.2) is 0 Å². The summed E-state index contributed by atoms with van der Waals surface area (Å²) >= 11 is 0. The Hall–Kier alpha value is -6.76. The van der Waals surface area contributed by atoms with Crippen LogP contribution in [0.3, 0.4) is 0 Å². The van der Waals surface area contributed by atoms with Crippen molar-refractivity contribution in [2.24, 2.45) is 21.5 Å². The molecular weight excluding hydrogens is 736 g/mol. The molecule has 6 rings (SSSR count). The zero-order valence-electron chi connectivity index (χ0n) is 32.4. The molecule has 19 nitrogen and oxygen atoms in total. The van der Waals surface area contributed by atoms with Gasteiger partial charge in [0.05, 0.1) is 42.4 Å². The van der Waals surface area contributed by atoms with Crippen LogP contribution in [0.1, 0.15) is 69.4 Å². The number of methoxy groups -OCH3 is 1. The molecule has 19 heteroatoms. The van der Waals surface area contributed by atoms with E-state index in [2.05, 4.69) is 30.5 Å². The SMILES string of the molecule is CCn1nc(C)cc1C(=O)/N=C1/NC2CC(C(N)=O)=CC(OCCCO)=C2N1C/C=C/Cn1/c(=N\C(=O)c2cc(C)nn2CC)[nH]c2cc(C(N)=O)cc(OC)c21. The third-order valence-corrected chi connectivity index (χ3v) is 9.39. The Bertz CT molecular complexity index is 2440. The minimum atomic E-state index is -0.662. The van der Waals surface area contributed by atoms with Crippen molar-refractivity contribution in [1.82, 2.24) is 39.3 Å². The number of aliphatic hydroxyl groups is 1. The number of carbonyl (C=O) groups excluding carboxylic acids is 4. The first kappa shape index (κ1) is 39.9. The maximum atomic E-state index is 13.6. The monoisotopic (exact) mass is 782 g/mol. The summed E-state index contributed by atoms with van der Waals surface area (Å²) in [6.07, 6.45) is 5.81. The van der Waals surface area contributed by atoms with Gasteiger partial charge in [-0.15, -0.1) is 0 Å². The van der Waals surface area contributed by atoms with Crippen molar-refractivity contribution < 1.29 is 33.8 Å². The number of fused-ring (bicyclic) bond motifs is 2. The number of nitrogens with one attached hydrogen (secondary N) is 2. The van der Waals surface area contributed by atoms with Gasteiger partial charge in [-0.05, 0) is 58.0 Å². The van der Waals surface area contributed by atoms with Crippen molar-refractivity contribution >= 4 is 40.6 Å². The number of imidazole rings is 1. The molecule has 2 aliphatic rings. The van der Waals surface area contributed by atoms with Gasteiger partial charge >= 0.3 is 0 Å². The molecule has 7 N–H and O–H groups in total. The summed E-state index contributed by atoms with van der Waals surface area (Å²) < 4.78 is 16.6. The number of aromatic amines is 1. The first-order valence-corrected chi connectivity index (χ1v) is 18.5. The van der Waals surface area contributed by atoms with E-state index in [0.29, 0.717) is 76.1 Å². The number of aliphatic imine (C=N–C) groups is 1. The number of allylic oxidation sites excluding steroid dienone is 2. The van der Waals surface area contributed by atoms with E-state index < -0.39 is 29.7 Å².